The van der Waals surface area contributed by atoms with Gasteiger partial charge in [-0.25, -0.2) is 8.42 Å². The lowest BCUT2D eigenvalue weighted by molar-refractivity contribution is -0.118. The molecule has 3 aromatic carbocycles. The lowest BCUT2D eigenvalue weighted by Gasteiger charge is -2.11. The van der Waals surface area contributed by atoms with E-state index >= 15 is 0 Å². The van der Waals surface area contributed by atoms with E-state index in [0.717, 1.165) is 22.4 Å². The van der Waals surface area contributed by atoms with E-state index in [1.807, 2.05) is 39.0 Å². The summed E-state index contributed by atoms with van der Waals surface area (Å²) < 4.78 is 33.1. The van der Waals surface area contributed by atoms with Crippen LogP contribution in [-0.2, 0) is 14.8 Å². The first kappa shape index (κ1) is 22.7. The largest absolute Gasteiger partial charge is 0.484 e. The predicted octanol–water partition coefficient (Wildman–Crippen LogP) is 5.08. The van der Waals surface area contributed by atoms with Crippen LogP contribution in [0.2, 0.25) is 5.02 Å². The van der Waals surface area contributed by atoms with Gasteiger partial charge < -0.3 is 10.1 Å². The van der Waals surface area contributed by atoms with Crippen LogP contribution in [0.5, 0.6) is 5.75 Å². The fourth-order valence-corrected chi connectivity index (χ4v) is 4.10. The van der Waals surface area contributed by atoms with Gasteiger partial charge in [-0.05, 0) is 74.4 Å². The molecule has 0 atom stereocenters. The number of rotatable bonds is 7. The third-order valence-corrected chi connectivity index (χ3v) is 6.39. The van der Waals surface area contributed by atoms with E-state index in [4.69, 9.17) is 16.3 Å². The Morgan fingerprint density at radius 1 is 0.935 bits per heavy atom. The van der Waals surface area contributed by atoms with E-state index in [1.165, 1.54) is 24.3 Å². The second-order valence-corrected chi connectivity index (χ2v) is 9.29. The highest BCUT2D eigenvalue weighted by Gasteiger charge is 2.15. The first-order chi connectivity index (χ1) is 14.6. The van der Waals surface area contributed by atoms with Crippen molar-refractivity contribution in [1.29, 1.82) is 0 Å². The van der Waals surface area contributed by atoms with Gasteiger partial charge in [0.25, 0.3) is 15.9 Å². The monoisotopic (exact) mass is 458 g/mol. The van der Waals surface area contributed by atoms with Crippen LogP contribution in [-0.4, -0.2) is 20.9 Å². The van der Waals surface area contributed by atoms with Crippen molar-refractivity contribution < 1.29 is 17.9 Å². The number of carbonyl (C=O) groups excluding carboxylic acids is 1. The van der Waals surface area contributed by atoms with Crippen LogP contribution < -0.4 is 14.8 Å². The van der Waals surface area contributed by atoms with Crippen LogP contribution in [0.25, 0.3) is 0 Å². The van der Waals surface area contributed by atoms with Gasteiger partial charge in [-0.15, -0.1) is 0 Å². The molecule has 1 amide bonds. The molecule has 0 heterocycles. The van der Waals surface area contributed by atoms with E-state index in [1.54, 1.807) is 18.2 Å². The van der Waals surface area contributed by atoms with Crippen molar-refractivity contribution >= 4 is 38.9 Å². The van der Waals surface area contributed by atoms with Gasteiger partial charge in [0.05, 0.1) is 10.6 Å². The fraction of sp³-hybridized carbons (Fsp3) is 0.174. The quantitative estimate of drug-likeness (QED) is 0.516. The van der Waals surface area contributed by atoms with Gasteiger partial charge in [-0.2, -0.15) is 0 Å². The van der Waals surface area contributed by atoms with Crippen LogP contribution in [0, 0.1) is 20.8 Å². The molecule has 0 saturated carbocycles. The van der Waals surface area contributed by atoms with E-state index in [9.17, 15) is 13.2 Å². The topological polar surface area (TPSA) is 84.5 Å². The number of aryl methyl sites for hydroxylation is 3. The molecule has 0 bridgehead atoms. The summed E-state index contributed by atoms with van der Waals surface area (Å²) in [7, 11) is -3.78. The zero-order valence-corrected chi connectivity index (χ0v) is 19.0. The molecule has 0 unspecified atom stereocenters. The predicted molar refractivity (Wildman–Crippen MR) is 123 cm³/mol. The van der Waals surface area contributed by atoms with Crippen LogP contribution in [0.3, 0.4) is 0 Å². The molecule has 0 aliphatic carbocycles. The Bertz CT molecular complexity index is 1210. The van der Waals surface area contributed by atoms with E-state index in [-0.39, 0.29) is 17.4 Å². The maximum atomic E-state index is 12.6. The Morgan fingerprint density at radius 3 is 2.29 bits per heavy atom. The minimum absolute atomic E-state index is 0.0660. The van der Waals surface area contributed by atoms with Crippen molar-refractivity contribution in [1.82, 2.24) is 0 Å². The van der Waals surface area contributed by atoms with E-state index in [2.05, 4.69) is 10.0 Å². The maximum Gasteiger partial charge on any atom is 0.262 e. The van der Waals surface area contributed by atoms with Crippen LogP contribution in [0.1, 0.15) is 16.7 Å². The molecule has 162 valence electrons. The summed E-state index contributed by atoms with van der Waals surface area (Å²) in [6.07, 6.45) is 0. The molecule has 31 heavy (non-hydrogen) atoms. The van der Waals surface area contributed by atoms with Crippen molar-refractivity contribution in [2.75, 3.05) is 16.6 Å². The third-order valence-electron chi connectivity index (χ3n) is 4.58. The molecule has 0 radical (unpaired) electrons. The highest BCUT2D eigenvalue weighted by molar-refractivity contribution is 7.92. The molecule has 0 aliphatic rings. The third kappa shape index (κ3) is 5.99. The average Bonchev–Trinajstić information content (AvgIpc) is 2.71. The number of ether oxygens (including phenoxy) is 1. The second kappa shape index (κ2) is 9.41. The van der Waals surface area contributed by atoms with Gasteiger partial charge >= 0.3 is 0 Å². The molecule has 0 fully saturated rings. The van der Waals surface area contributed by atoms with Crippen molar-refractivity contribution in [3.8, 4) is 5.75 Å². The zero-order chi connectivity index (χ0) is 22.6. The van der Waals surface area contributed by atoms with Crippen molar-refractivity contribution in [2.45, 2.75) is 25.7 Å². The van der Waals surface area contributed by atoms with Crippen LogP contribution in [0.4, 0.5) is 11.4 Å². The number of anilines is 2. The molecule has 6 nitrogen and oxygen atoms in total. The Morgan fingerprint density at radius 2 is 1.65 bits per heavy atom. The molecule has 3 aromatic rings. The number of halogens is 1. The van der Waals surface area contributed by atoms with Crippen molar-refractivity contribution in [2.24, 2.45) is 0 Å². The minimum Gasteiger partial charge on any atom is -0.484 e. The SMILES string of the molecule is Cc1ccc(NC(=O)COc2ccc(S(=O)(=O)Nc3ccc(C)c(Cl)c3)cc2)c(C)c1. The van der Waals surface area contributed by atoms with Crippen molar-refractivity contribution in [3.05, 3.63) is 82.4 Å². The summed E-state index contributed by atoms with van der Waals surface area (Å²) >= 11 is 6.05. The highest BCUT2D eigenvalue weighted by Crippen LogP contribution is 2.23. The number of nitrogens with one attached hydrogen (secondary N) is 2. The zero-order valence-electron chi connectivity index (χ0n) is 17.4. The number of carbonyl (C=O) groups is 1. The lowest BCUT2D eigenvalue weighted by Crippen LogP contribution is -2.20. The van der Waals surface area contributed by atoms with Gasteiger partial charge in [-0.3, -0.25) is 9.52 Å². The Kier molecular flexibility index (Phi) is 6.87. The summed E-state index contributed by atoms with van der Waals surface area (Å²) in [5.41, 5.74) is 4.03. The number of amides is 1. The maximum absolute atomic E-state index is 12.6. The average molecular weight is 459 g/mol. The molecule has 0 aromatic heterocycles. The van der Waals surface area contributed by atoms with Gasteiger partial charge in [0, 0.05) is 10.7 Å². The number of benzene rings is 3. The summed E-state index contributed by atoms with van der Waals surface area (Å²) in [6, 6.07) is 16.5. The first-order valence-electron chi connectivity index (χ1n) is 9.53. The molecule has 0 spiro atoms. The lowest BCUT2D eigenvalue weighted by atomic mass is 10.1. The van der Waals surface area contributed by atoms with Gasteiger partial charge in [0.1, 0.15) is 5.75 Å². The van der Waals surface area contributed by atoms with Gasteiger partial charge in [0.2, 0.25) is 0 Å². The minimum atomic E-state index is -3.78. The normalized spacial score (nSPS) is 11.1. The summed E-state index contributed by atoms with van der Waals surface area (Å²) in [6.45, 7) is 5.54. The van der Waals surface area contributed by atoms with Gasteiger partial charge in [-0.1, -0.05) is 35.4 Å². The number of sulfonamides is 1. The van der Waals surface area contributed by atoms with E-state index in [0.29, 0.717) is 16.5 Å². The molecular formula is C23H23ClN2O4S. The van der Waals surface area contributed by atoms with E-state index < -0.39 is 10.0 Å². The molecule has 2 N–H and O–H groups in total. The standard InChI is InChI=1S/C23H23ClN2O4S/c1-15-4-11-22(17(3)12-15)25-23(27)14-30-19-7-9-20(10-8-19)31(28,29)26-18-6-5-16(2)21(24)13-18/h4-13,26H,14H2,1-3H3,(H,25,27). The molecule has 0 saturated heterocycles. The Hall–Kier alpha value is -3.03. The van der Waals surface area contributed by atoms with Gasteiger partial charge in [0.15, 0.2) is 6.61 Å². The Balaban J connectivity index is 1.60. The molecule has 8 heteroatoms. The number of hydrogen-bond donors (Lipinski definition) is 2. The summed E-state index contributed by atoms with van der Waals surface area (Å²) in [5, 5.41) is 3.27. The summed E-state index contributed by atoms with van der Waals surface area (Å²) in [4.78, 5) is 12.2. The van der Waals surface area contributed by atoms with Crippen LogP contribution >= 0.6 is 11.6 Å². The number of hydrogen-bond acceptors (Lipinski definition) is 4. The second-order valence-electron chi connectivity index (χ2n) is 7.20. The Labute approximate surface area is 187 Å². The fourth-order valence-electron chi connectivity index (χ4n) is 2.87. The summed E-state index contributed by atoms with van der Waals surface area (Å²) in [5.74, 6) is 0.0784. The molecule has 3 rings (SSSR count). The first-order valence-corrected chi connectivity index (χ1v) is 11.4. The van der Waals surface area contributed by atoms with Crippen LogP contribution in [0.15, 0.2) is 65.6 Å². The molecular weight excluding hydrogens is 436 g/mol. The molecule has 0 aliphatic heterocycles. The van der Waals surface area contributed by atoms with Crippen molar-refractivity contribution in [3.63, 3.8) is 0 Å². The highest BCUT2D eigenvalue weighted by atomic mass is 35.5. The smallest absolute Gasteiger partial charge is 0.262 e.